The molecule has 0 aliphatic carbocycles. The summed E-state index contributed by atoms with van der Waals surface area (Å²) in [7, 11) is 0. The van der Waals surface area contributed by atoms with E-state index in [-0.39, 0.29) is 0 Å². The van der Waals surface area contributed by atoms with Gasteiger partial charge in [0.15, 0.2) is 0 Å². The van der Waals surface area contributed by atoms with Gasteiger partial charge >= 0.3 is 0 Å². The molecule has 0 aromatic heterocycles. The van der Waals surface area contributed by atoms with Crippen molar-refractivity contribution in [2.24, 2.45) is 5.92 Å². The minimum Gasteiger partial charge on any atom is -0.0917 e. The lowest BCUT2D eigenvalue weighted by atomic mass is 10.0. The van der Waals surface area contributed by atoms with Crippen LogP contribution < -0.4 is 0 Å². The Balaban J connectivity index is 3.06. The summed E-state index contributed by atoms with van der Waals surface area (Å²) in [6, 6.07) is 0. The van der Waals surface area contributed by atoms with Gasteiger partial charge in [-0.1, -0.05) is 32.4 Å². The first-order chi connectivity index (χ1) is 4.31. The monoisotopic (exact) mass is 126 g/mol. The molecule has 1 atom stereocenters. The molecule has 0 nitrogen and oxygen atoms in total. The lowest BCUT2D eigenvalue weighted by Gasteiger charge is -2.03. The Kier molecular flexibility index (Phi) is 5.70. The number of rotatable bonds is 4. The summed E-state index contributed by atoms with van der Waals surface area (Å²) in [6.07, 6.45) is 8.29. The second kappa shape index (κ2) is 5.87. The molecule has 0 N–H and O–H groups in total. The number of allylic oxidation sites excluding steroid dienone is 2. The molecule has 0 heteroatoms. The molecular weight excluding hydrogens is 108 g/mol. The summed E-state index contributed by atoms with van der Waals surface area (Å²) in [5.74, 6) is 0.904. The van der Waals surface area contributed by atoms with E-state index < -0.39 is 0 Å². The highest BCUT2D eigenvalue weighted by molar-refractivity contribution is 4.76. The fraction of sp³-hybridized carbons (Fsp3) is 0.778. The zero-order valence-corrected chi connectivity index (χ0v) is 6.85. The van der Waals surface area contributed by atoms with Crippen LogP contribution in [0.3, 0.4) is 0 Å². The molecule has 0 amide bonds. The molecule has 0 rings (SSSR count). The van der Waals surface area contributed by atoms with Crippen LogP contribution in [-0.2, 0) is 0 Å². The number of hydrogen-bond donors (Lipinski definition) is 0. The van der Waals surface area contributed by atoms with E-state index in [1.165, 1.54) is 19.3 Å². The largest absolute Gasteiger partial charge is 0.0917 e. The Bertz CT molecular complexity index is 72.1. The second-order valence-corrected chi connectivity index (χ2v) is 2.66. The van der Waals surface area contributed by atoms with E-state index in [9.17, 15) is 0 Å². The Morgan fingerprint density at radius 3 is 2.56 bits per heavy atom. The predicted molar refractivity (Wildman–Crippen MR) is 43.5 cm³/mol. The second-order valence-electron chi connectivity index (χ2n) is 2.66. The van der Waals surface area contributed by atoms with Crippen molar-refractivity contribution in [3.05, 3.63) is 12.2 Å². The van der Waals surface area contributed by atoms with Crippen molar-refractivity contribution in [2.45, 2.75) is 40.0 Å². The van der Waals surface area contributed by atoms with Gasteiger partial charge in [0.1, 0.15) is 0 Å². The predicted octanol–water partition coefficient (Wildman–Crippen LogP) is 3.39. The Hall–Kier alpha value is -0.260. The molecule has 9 heavy (non-hydrogen) atoms. The third-order valence-corrected chi connectivity index (χ3v) is 1.76. The van der Waals surface area contributed by atoms with Gasteiger partial charge in [-0.25, -0.2) is 0 Å². The fourth-order valence-electron chi connectivity index (χ4n) is 0.752. The van der Waals surface area contributed by atoms with Crippen molar-refractivity contribution in [3.63, 3.8) is 0 Å². The Labute approximate surface area is 59.0 Å². The van der Waals surface area contributed by atoms with E-state index in [0.29, 0.717) is 0 Å². The molecule has 0 aliphatic heterocycles. The summed E-state index contributed by atoms with van der Waals surface area (Å²) in [4.78, 5) is 0. The van der Waals surface area contributed by atoms with Crippen molar-refractivity contribution >= 4 is 0 Å². The SMILES string of the molecule is C/C=C\CC[C@@H](C)CC. The molecule has 0 saturated heterocycles. The quantitative estimate of drug-likeness (QED) is 0.506. The zero-order chi connectivity index (χ0) is 7.11. The maximum atomic E-state index is 2.31. The lowest BCUT2D eigenvalue weighted by molar-refractivity contribution is 0.521. The van der Waals surface area contributed by atoms with Crippen LogP contribution in [0.2, 0.25) is 0 Å². The van der Waals surface area contributed by atoms with E-state index in [1.54, 1.807) is 0 Å². The third-order valence-electron chi connectivity index (χ3n) is 1.76. The van der Waals surface area contributed by atoms with Crippen LogP contribution in [0, 0.1) is 5.92 Å². The molecule has 0 bridgehead atoms. The van der Waals surface area contributed by atoms with Crippen LogP contribution in [-0.4, -0.2) is 0 Å². The average molecular weight is 126 g/mol. The zero-order valence-electron chi connectivity index (χ0n) is 6.85. The summed E-state index contributed by atoms with van der Waals surface area (Å²) in [5.41, 5.74) is 0. The standard InChI is InChI=1S/C9H18/c1-4-6-7-8-9(3)5-2/h4,6,9H,5,7-8H2,1-3H3/b6-4-/t9-/m0/s1. The molecule has 0 heterocycles. The van der Waals surface area contributed by atoms with E-state index >= 15 is 0 Å². The molecule has 0 fully saturated rings. The van der Waals surface area contributed by atoms with Crippen molar-refractivity contribution in [1.29, 1.82) is 0 Å². The summed E-state index contributed by atoms with van der Waals surface area (Å²) < 4.78 is 0. The highest BCUT2D eigenvalue weighted by Crippen LogP contribution is 2.08. The summed E-state index contributed by atoms with van der Waals surface area (Å²) in [6.45, 7) is 6.64. The van der Waals surface area contributed by atoms with Crippen molar-refractivity contribution in [2.75, 3.05) is 0 Å². The highest BCUT2D eigenvalue weighted by atomic mass is 14.0. The van der Waals surface area contributed by atoms with Crippen LogP contribution in [0.25, 0.3) is 0 Å². The fourth-order valence-corrected chi connectivity index (χ4v) is 0.752. The number of hydrogen-bond acceptors (Lipinski definition) is 0. The minimum atomic E-state index is 0.904. The third kappa shape index (κ3) is 5.61. The molecule has 0 radical (unpaired) electrons. The van der Waals surface area contributed by atoms with Gasteiger partial charge in [-0.3, -0.25) is 0 Å². The van der Waals surface area contributed by atoms with Gasteiger partial charge in [-0.05, 0) is 25.7 Å². The Morgan fingerprint density at radius 2 is 2.11 bits per heavy atom. The van der Waals surface area contributed by atoms with Gasteiger partial charge in [0.25, 0.3) is 0 Å². The summed E-state index contributed by atoms with van der Waals surface area (Å²) in [5, 5.41) is 0. The van der Waals surface area contributed by atoms with Crippen molar-refractivity contribution < 1.29 is 0 Å². The first-order valence-corrected chi connectivity index (χ1v) is 3.92. The van der Waals surface area contributed by atoms with E-state index in [4.69, 9.17) is 0 Å². The highest BCUT2D eigenvalue weighted by Gasteiger charge is 1.93. The minimum absolute atomic E-state index is 0.904. The first-order valence-electron chi connectivity index (χ1n) is 3.92. The van der Waals surface area contributed by atoms with E-state index in [1.807, 2.05) is 0 Å². The van der Waals surface area contributed by atoms with Gasteiger partial charge in [0.05, 0.1) is 0 Å². The molecule has 0 spiro atoms. The van der Waals surface area contributed by atoms with Crippen LogP contribution in [0.1, 0.15) is 40.0 Å². The Morgan fingerprint density at radius 1 is 1.44 bits per heavy atom. The maximum absolute atomic E-state index is 2.31. The first kappa shape index (κ1) is 8.74. The molecule has 0 aromatic carbocycles. The molecule has 0 aromatic rings. The van der Waals surface area contributed by atoms with Crippen molar-refractivity contribution in [1.82, 2.24) is 0 Å². The molecule has 0 unspecified atom stereocenters. The topological polar surface area (TPSA) is 0 Å². The molecule has 0 aliphatic rings. The maximum Gasteiger partial charge on any atom is -0.0348 e. The lowest BCUT2D eigenvalue weighted by Crippen LogP contribution is -1.89. The van der Waals surface area contributed by atoms with Crippen molar-refractivity contribution in [3.8, 4) is 0 Å². The molecule has 0 saturated carbocycles. The average Bonchev–Trinajstić information content (AvgIpc) is 1.89. The van der Waals surface area contributed by atoms with Crippen LogP contribution >= 0.6 is 0 Å². The van der Waals surface area contributed by atoms with Gasteiger partial charge in [0.2, 0.25) is 0 Å². The van der Waals surface area contributed by atoms with Gasteiger partial charge in [-0.15, -0.1) is 0 Å². The van der Waals surface area contributed by atoms with Crippen LogP contribution in [0.15, 0.2) is 12.2 Å². The molecule has 54 valence electrons. The van der Waals surface area contributed by atoms with Gasteiger partial charge in [-0.2, -0.15) is 0 Å². The smallest absolute Gasteiger partial charge is 0.0348 e. The van der Waals surface area contributed by atoms with Gasteiger partial charge < -0.3 is 0 Å². The van der Waals surface area contributed by atoms with Crippen LogP contribution in [0.4, 0.5) is 0 Å². The van der Waals surface area contributed by atoms with Crippen LogP contribution in [0.5, 0.6) is 0 Å². The van der Waals surface area contributed by atoms with Gasteiger partial charge in [0, 0.05) is 0 Å². The normalized spacial score (nSPS) is 14.6. The summed E-state index contributed by atoms with van der Waals surface area (Å²) >= 11 is 0. The van der Waals surface area contributed by atoms with E-state index in [2.05, 4.69) is 32.9 Å². The van der Waals surface area contributed by atoms with E-state index in [0.717, 1.165) is 5.92 Å². The molecular formula is C9H18.